The molecule has 0 fully saturated rings. The van der Waals surface area contributed by atoms with Gasteiger partial charge in [-0.15, -0.1) is 6.58 Å². The summed E-state index contributed by atoms with van der Waals surface area (Å²) in [5.74, 6) is 0.644. The number of hydrogen-bond donors (Lipinski definition) is 0. The van der Waals surface area contributed by atoms with Gasteiger partial charge in [0.1, 0.15) is 6.10 Å². The Morgan fingerprint density at radius 2 is 2.18 bits per heavy atom. The average Bonchev–Trinajstić information content (AvgIpc) is 2.09. The zero-order valence-corrected chi connectivity index (χ0v) is 6.40. The Bertz CT molecular complexity index is 223. The summed E-state index contributed by atoms with van der Waals surface area (Å²) in [6.07, 6.45) is 4.82. The summed E-state index contributed by atoms with van der Waals surface area (Å²) >= 11 is 0. The highest BCUT2D eigenvalue weighted by Crippen LogP contribution is 2.10. The van der Waals surface area contributed by atoms with E-state index >= 15 is 0 Å². The second-order valence-corrected chi connectivity index (χ2v) is 2.00. The molecule has 0 radical (unpaired) electrons. The number of methoxy groups -OCH3 is 1. The number of nitrogens with zero attached hydrogens (tertiary/aromatic N) is 2. The molecule has 0 saturated carbocycles. The first kappa shape index (κ1) is 7.88. The van der Waals surface area contributed by atoms with E-state index in [1.807, 2.05) is 0 Å². The first-order valence-electron chi connectivity index (χ1n) is 3.30. The Morgan fingerprint density at radius 3 is 2.64 bits per heavy atom. The van der Waals surface area contributed by atoms with E-state index in [-0.39, 0.29) is 6.10 Å². The Kier molecular flexibility index (Phi) is 2.74. The van der Waals surface area contributed by atoms with Crippen LogP contribution in [-0.2, 0) is 4.74 Å². The van der Waals surface area contributed by atoms with Gasteiger partial charge in [0.2, 0.25) is 0 Å². The van der Waals surface area contributed by atoms with Crippen LogP contribution in [0.25, 0.3) is 0 Å². The molecule has 0 aliphatic rings. The second kappa shape index (κ2) is 3.83. The standard InChI is InChI=1S/C8H10N2O/c1-3-7(11-2)8-9-5-4-6-10-8/h3-7H,1H2,2H3. The molecule has 0 aliphatic heterocycles. The smallest absolute Gasteiger partial charge is 0.161 e. The highest BCUT2D eigenvalue weighted by atomic mass is 16.5. The van der Waals surface area contributed by atoms with Crippen LogP contribution < -0.4 is 0 Å². The molecule has 11 heavy (non-hydrogen) atoms. The first-order valence-corrected chi connectivity index (χ1v) is 3.30. The van der Waals surface area contributed by atoms with Crippen LogP contribution in [0.2, 0.25) is 0 Å². The number of hydrogen-bond acceptors (Lipinski definition) is 3. The van der Waals surface area contributed by atoms with Gasteiger partial charge in [0, 0.05) is 19.5 Å². The fraction of sp³-hybridized carbons (Fsp3) is 0.250. The molecule has 0 saturated heterocycles. The first-order chi connectivity index (χ1) is 5.38. The van der Waals surface area contributed by atoms with Crippen LogP contribution in [0.4, 0.5) is 0 Å². The van der Waals surface area contributed by atoms with Gasteiger partial charge in [0.05, 0.1) is 0 Å². The third-order valence-corrected chi connectivity index (χ3v) is 1.31. The van der Waals surface area contributed by atoms with E-state index < -0.39 is 0 Å². The molecule has 0 N–H and O–H groups in total. The largest absolute Gasteiger partial charge is 0.369 e. The summed E-state index contributed by atoms with van der Waals surface area (Å²) in [6.45, 7) is 3.60. The van der Waals surface area contributed by atoms with Crippen molar-refractivity contribution in [3.05, 3.63) is 36.9 Å². The normalized spacial score (nSPS) is 12.5. The molecular formula is C8H10N2O. The molecular weight excluding hydrogens is 140 g/mol. The minimum absolute atomic E-state index is 0.198. The van der Waals surface area contributed by atoms with Crippen molar-refractivity contribution < 1.29 is 4.74 Å². The van der Waals surface area contributed by atoms with Crippen molar-refractivity contribution in [2.24, 2.45) is 0 Å². The summed E-state index contributed by atoms with van der Waals surface area (Å²) in [7, 11) is 1.60. The Labute approximate surface area is 65.8 Å². The molecule has 3 nitrogen and oxygen atoms in total. The second-order valence-electron chi connectivity index (χ2n) is 2.00. The molecule has 58 valence electrons. The SMILES string of the molecule is C=CC(OC)c1ncccn1. The van der Waals surface area contributed by atoms with E-state index in [1.54, 1.807) is 31.6 Å². The molecule has 1 atom stereocenters. The summed E-state index contributed by atoms with van der Waals surface area (Å²) < 4.78 is 5.04. The third-order valence-electron chi connectivity index (χ3n) is 1.31. The van der Waals surface area contributed by atoms with Gasteiger partial charge in [0.25, 0.3) is 0 Å². The van der Waals surface area contributed by atoms with Crippen molar-refractivity contribution in [2.45, 2.75) is 6.10 Å². The van der Waals surface area contributed by atoms with Crippen molar-refractivity contribution in [1.82, 2.24) is 9.97 Å². The fourth-order valence-electron chi connectivity index (χ4n) is 0.765. The monoisotopic (exact) mass is 150 g/mol. The molecule has 0 spiro atoms. The zero-order valence-electron chi connectivity index (χ0n) is 6.40. The molecule has 0 amide bonds. The van der Waals surface area contributed by atoms with Crippen LogP contribution in [0.5, 0.6) is 0 Å². The van der Waals surface area contributed by atoms with E-state index in [1.165, 1.54) is 0 Å². The maximum atomic E-state index is 5.04. The van der Waals surface area contributed by atoms with Crippen LogP contribution in [0.3, 0.4) is 0 Å². The van der Waals surface area contributed by atoms with Crippen LogP contribution >= 0.6 is 0 Å². The molecule has 3 heteroatoms. The van der Waals surface area contributed by atoms with Crippen LogP contribution in [-0.4, -0.2) is 17.1 Å². The topological polar surface area (TPSA) is 35.0 Å². The lowest BCUT2D eigenvalue weighted by molar-refractivity contribution is 0.135. The van der Waals surface area contributed by atoms with Gasteiger partial charge in [-0.05, 0) is 6.07 Å². The van der Waals surface area contributed by atoms with Gasteiger partial charge in [-0.2, -0.15) is 0 Å². The van der Waals surface area contributed by atoms with Gasteiger partial charge in [-0.25, -0.2) is 9.97 Å². The highest BCUT2D eigenvalue weighted by molar-refractivity contribution is 4.99. The van der Waals surface area contributed by atoms with Crippen LogP contribution in [0.15, 0.2) is 31.1 Å². The molecule has 1 aromatic rings. The van der Waals surface area contributed by atoms with E-state index in [9.17, 15) is 0 Å². The van der Waals surface area contributed by atoms with Gasteiger partial charge in [0.15, 0.2) is 5.82 Å². The lowest BCUT2D eigenvalue weighted by Gasteiger charge is -2.06. The number of ether oxygens (including phenoxy) is 1. The molecule has 1 unspecified atom stereocenters. The fourth-order valence-corrected chi connectivity index (χ4v) is 0.765. The maximum absolute atomic E-state index is 5.04. The predicted octanol–water partition coefficient (Wildman–Crippen LogP) is 1.35. The summed E-state index contributed by atoms with van der Waals surface area (Å²) in [5.41, 5.74) is 0. The Morgan fingerprint density at radius 1 is 1.55 bits per heavy atom. The third kappa shape index (κ3) is 1.85. The van der Waals surface area contributed by atoms with E-state index in [4.69, 9.17) is 4.74 Å². The van der Waals surface area contributed by atoms with Crippen molar-refractivity contribution >= 4 is 0 Å². The van der Waals surface area contributed by atoms with Gasteiger partial charge >= 0.3 is 0 Å². The summed E-state index contributed by atoms with van der Waals surface area (Å²) in [4.78, 5) is 8.03. The van der Waals surface area contributed by atoms with E-state index in [0.29, 0.717) is 5.82 Å². The van der Waals surface area contributed by atoms with Crippen LogP contribution in [0, 0.1) is 0 Å². The number of rotatable bonds is 3. The van der Waals surface area contributed by atoms with Crippen molar-refractivity contribution in [3.63, 3.8) is 0 Å². The molecule has 0 aromatic carbocycles. The Hall–Kier alpha value is -1.22. The van der Waals surface area contributed by atoms with Crippen molar-refractivity contribution in [2.75, 3.05) is 7.11 Å². The molecule has 1 heterocycles. The molecule has 1 rings (SSSR count). The predicted molar refractivity (Wildman–Crippen MR) is 42.0 cm³/mol. The van der Waals surface area contributed by atoms with Gasteiger partial charge in [-0.3, -0.25) is 0 Å². The van der Waals surface area contributed by atoms with E-state index in [2.05, 4.69) is 16.5 Å². The lowest BCUT2D eigenvalue weighted by atomic mass is 10.3. The maximum Gasteiger partial charge on any atom is 0.161 e. The zero-order chi connectivity index (χ0) is 8.10. The van der Waals surface area contributed by atoms with Crippen molar-refractivity contribution in [3.8, 4) is 0 Å². The minimum atomic E-state index is -0.198. The number of aromatic nitrogens is 2. The Balaban J connectivity index is 2.82. The summed E-state index contributed by atoms with van der Waals surface area (Å²) in [6, 6.07) is 1.76. The van der Waals surface area contributed by atoms with Crippen molar-refractivity contribution in [1.29, 1.82) is 0 Å². The van der Waals surface area contributed by atoms with Crippen LogP contribution in [0.1, 0.15) is 11.9 Å². The quantitative estimate of drug-likeness (QED) is 0.610. The average molecular weight is 150 g/mol. The molecule has 1 aromatic heterocycles. The lowest BCUT2D eigenvalue weighted by Crippen LogP contribution is -2.02. The molecule has 0 aliphatic carbocycles. The minimum Gasteiger partial charge on any atom is -0.369 e. The molecule has 0 bridgehead atoms. The van der Waals surface area contributed by atoms with Gasteiger partial charge in [-0.1, -0.05) is 6.08 Å². The summed E-state index contributed by atoms with van der Waals surface area (Å²) in [5, 5.41) is 0. The van der Waals surface area contributed by atoms with E-state index in [0.717, 1.165) is 0 Å². The highest BCUT2D eigenvalue weighted by Gasteiger charge is 2.06. The van der Waals surface area contributed by atoms with Gasteiger partial charge < -0.3 is 4.74 Å².